The summed E-state index contributed by atoms with van der Waals surface area (Å²) >= 11 is 1.51. The average Bonchev–Trinajstić information content (AvgIpc) is 2.99. The van der Waals surface area contributed by atoms with Crippen molar-refractivity contribution in [2.45, 2.75) is 0 Å². The van der Waals surface area contributed by atoms with Gasteiger partial charge in [-0.25, -0.2) is 0 Å². The zero-order valence-corrected chi connectivity index (χ0v) is 12.6. The van der Waals surface area contributed by atoms with Crippen LogP contribution >= 0.6 is 11.3 Å². The minimum Gasteiger partial charge on any atom is -0.342 e. The summed E-state index contributed by atoms with van der Waals surface area (Å²) in [6.45, 7) is 1.35. The summed E-state index contributed by atoms with van der Waals surface area (Å²) in [6, 6.07) is 9.86. The van der Waals surface area contributed by atoms with Crippen molar-refractivity contribution < 1.29 is 9.59 Å². The lowest BCUT2D eigenvalue weighted by Gasteiger charge is -2.32. The van der Waals surface area contributed by atoms with Crippen LogP contribution in [0.25, 0.3) is 11.1 Å². The van der Waals surface area contributed by atoms with Crippen LogP contribution in [0.4, 0.5) is 0 Å². The molecule has 4 nitrogen and oxygen atoms in total. The minimum atomic E-state index is -0.0587. The predicted molar refractivity (Wildman–Crippen MR) is 83.3 cm³/mol. The van der Waals surface area contributed by atoms with Crippen LogP contribution in [0.2, 0.25) is 0 Å². The minimum absolute atomic E-state index is 0.00825. The Kier molecular flexibility index (Phi) is 3.75. The molecule has 21 heavy (non-hydrogen) atoms. The topological polar surface area (TPSA) is 40.6 Å². The molecule has 2 amide bonds. The van der Waals surface area contributed by atoms with E-state index in [0.29, 0.717) is 18.7 Å². The molecule has 1 aromatic carbocycles. The van der Waals surface area contributed by atoms with Crippen molar-refractivity contribution in [1.29, 1.82) is 0 Å². The van der Waals surface area contributed by atoms with Crippen LogP contribution in [0.3, 0.4) is 0 Å². The monoisotopic (exact) mass is 300 g/mol. The molecule has 0 radical (unpaired) electrons. The smallest absolute Gasteiger partial charge is 0.255 e. The van der Waals surface area contributed by atoms with Gasteiger partial charge in [0.25, 0.3) is 5.91 Å². The first-order valence-electron chi connectivity index (χ1n) is 6.81. The van der Waals surface area contributed by atoms with Gasteiger partial charge in [-0.2, -0.15) is 11.3 Å². The van der Waals surface area contributed by atoms with E-state index in [1.807, 2.05) is 41.1 Å². The van der Waals surface area contributed by atoms with Crippen LogP contribution in [-0.2, 0) is 4.79 Å². The average molecular weight is 300 g/mol. The van der Waals surface area contributed by atoms with Gasteiger partial charge in [-0.3, -0.25) is 9.59 Å². The van der Waals surface area contributed by atoms with Crippen molar-refractivity contribution in [2.24, 2.45) is 0 Å². The number of benzene rings is 1. The first-order valence-corrected chi connectivity index (χ1v) is 7.76. The van der Waals surface area contributed by atoms with Crippen LogP contribution in [0.5, 0.6) is 0 Å². The zero-order chi connectivity index (χ0) is 14.8. The van der Waals surface area contributed by atoms with E-state index in [2.05, 4.69) is 0 Å². The first kappa shape index (κ1) is 13.8. The number of hydrogen-bond acceptors (Lipinski definition) is 3. The molecule has 0 atom stereocenters. The number of rotatable bonds is 2. The van der Waals surface area contributed by atoms with Crippen molar-refractivity contribution in [1.82, 2.24) is 9.80 Å². The lowest BCUT2D eigenvalue weighted by molar-refractivity contribution is -0.133. The second-order valence-corrected chi connectivity index (χ2v) is 5.85. The molecule has 0 unspecified atom stereocenters. The summed E-state index contributed by atoms with van der Waals surface area (Å²) < 4.78 is 0. The number of piperazine rings is 1. The van der Waals surface area contributed by atoms with Crippen molar-refractivity contribution in [2.75, 3.05) is 26.7 Å². The third kappa shape index (κ3) is 2.69. The second-order valence-electron chi connectivity index (χ2n) is 5.11. The molecule has 5 heteroatoms. The van der Waals surface area contributed by atoms with Crippen molar-refractivity contribution in [3.8, 4) is 11.1 Å². The van der Waals surface area contributed by atoms with Crippen LogP contribution in [0.1, 0.15) is 10.4 Å². The largest absolute Gasteiger partial charge is 0.342 e. The van der Waals surface area contributed by atoms with E-state index in [0.717, 1.165) is 11.1 Å². The zero-order valence-electron chi connectivity index (χ0n) is 11.8. The van der Waals surface area contributed by atoms with E-state index in [9.17, 15) is 9.59 Å². The summed E-state index contributed by atoms with van der Waals surface area (Å²) in [4.78, 5) is 27.7. The Morgan fingerprint density at radius 2 is 1.90 bits per heavy atom. The number of nitrogens with zero attached hydrogens (tertiary/aromatic N) is 2. The van der Waals surface area contributed by atoms with E-state index in [1.165, 1.54) is 11.3 Å². The Bertz CT molecular complexity index is 666. The third-order valence-electron chi connectivity index (χ3n) is 3.72. The summed E-state index contributed by atoms with van der Waals surface area (Å²) in [5, 5.41) is 3.86. The fourth-order valence-corrected chi connectivity index (χ4v) is 3.24. The van der Waals surface area contributed by atoms with Crippen molar-refractivity contribution >= 4 is 23.2 Å². The highest BCUT2D eigenvalue weighted by Gasteiger charge is 2.27. The number of hydrogen-bond donors (Lipinski definition) is 0. The Morgan fingerprint density at radius 3 is 2.62 bits per heavy atom. The van der Waals surface area contributed by atoms with Crippen LogP contribution < -0.4 is 0 Å². The van der Waals surface area contributed by atoms with Gasteiger partial charge < -0.3 is 9.80 Å². The maximum absolute atomic E-state index is 12.7. The van der Waals surface area contributed by atoms with Gasteiger partial charge in [0, 0.05) is 31.1 Å². The predicted octanol–water partition coefficient (Wildman–Crippen LogP) is 2.33. The number of thiophene rings is 1. The highest BCUT2D eigenvalue weighted by atomic mass is 32.1. The van der Waals surface area contributed by atoms with Crippen LogP contribution in [-0.4, -0.2) is 48.3 Å². The van der Waals surface area contributed by atoms with Gasteiger partial charge in [-0.05, 0) is 10.9 Å². The summed E-state index contributed by atoms with van der Waals surface area (Å²) in [5.74, 6) is -0.0670. The quantitative estimate of drug-likeness (QED) is 0.854. The van der Waals surface area contributed by atoms with E-state index in [-0.39, 0.29) is 18.4 Å². The Balaban J connectivity index is 1.87. The lowest BCUT2D eigenvalue weighted by atomic mass is 10.0. The molecular weight excluding hydrogens is 284 g/mol. The number of carbonyl (C=O) groups excluding carboxylic acids is 2. The molecule has 1 aromatic heterocycles. The van der Waals surface area contributed by atoms with E-state index >= 15 is 0 Å². The highest BCUT2D eigenvalue weighted by molar-refractivity contribution is 7.08. The Labute approximate surface area is 127 Å². The normalized spacial score (nSPS) is 15.4. The lowest BCUT2D eigenvalue weighted by Crippen LogP contribution is -2.50. The van der Waals surface area contributed by atoms with Gasteiger partial charge in [0.1, 0.15) is 6.54 Å². The Hall–Kier alpha value is -2.14. The maximum atomic E-state index is 12.7. The maximum Gasteiger partial charge on any atom is 0.255 e. The van der Waals surface area contributed by atoms with Crippen LogP contribution in [0.15, 0.2) is 41.1 Å². The fraction of sp³-hybridized carbons (Fsp3) is 0.250. The standard InChI is InChI=1S/C16H16N2O2S/c1-17-7-8-18(9-15(17)19)16(20)14-11-21-10-13(14)12-5-3-2-4-6-12/h2-6,10-11H,7-9H2,1H3. The highest BCUT2D eigenvalue weighted by Crippen LogP contribution is 2.28. The summed E-state index contributed by atoms with van der Waals surface area (Å²) in [7, 11) is 1.77. The number of carbonyl (C=O) groups is 2. The second kappa shape index (κ2) is 5.69. The molecule has 3 rings (SSSR count). The summed E-state index contributed by atoms with van der Waals surface area (Å²) in [5.41, 5.74) is 2.66. The van der Waals surface area contributed by atoms with E-state index in [1.54, 1.807) is 16.8 Å². The molecule has 108 valence electrons. The SMILES string of the molecule is CN1CCN(C(=O)c2cscc2-c2ccccc2)CC1=O. The van der Waals surface area contributed by atoms with E-state index < -0.39 is 0 Å². The molecule has 0 spiro atoms. The molecule has 1 aliphatic rings. The Morgan fingerprint density at radius 1 is 1.14 bits per heavy atom. The van der Waals surface area contributed by atoms with Gasteiger partial charge in [0.2, 0.25) is 5.91 Å². The molecule has 2 heterocycles. The third-order valence-corrected chi connectivity index (χ3v) is 4.47. The van der Waals surface area contributed by atoms with Crippen molar-refractivity contribution in [3.63, 3.8) is 0 Å². The molecule has 1 saturated heterocycles. The fourth-order valence-electron chi connectivity index (χ4n) is 2.41. The molecule has 0 N–H and O–H groups in total. The van der Waals surface area contributed by atoms with Gasteiger partial charge >= 0.3 is 0 Å². The molecule has 1 fully saturated rings. The van der Waals surface area contributed by atoms with Crippen molar-refractivity contribution in [3.05, 3.63) is 46.7 Å². The molecule has 1 aliphatic heterocycles. The molecule has 0 aliphatic carbocycles. The van der Waals surface area contributed by atoms with Gasteiger partial charge in [-0.1, -0.05) is 30.3 Å². The summed E-state index contributed by atoms with van der Waals surface area (Å²) in [6.07, 6.45) is 0. The van der Waals surface area contributed by atoms with E-state index in [4.69, 9.17) is 0 Å². The first-order chi connectivity index (χ1) is 10.2. The van der Waals surface area contributed by atoms with Gasteiger partial charge in [-0.15, -0.1) is 0 Å². The molecule has 0 saturated carbocycles. The number of amides is 2. The molecule has 2 aromatic rings. The van der Waals surface area contributed by atoms with Gasteiger partial charge in [0.15, 0.2) is 0 Å². The van der Waals surface area contributed by atoms with Crippen LogP contribution in [0, 0.1) is 0 Å². The molecular formula is C16H16N2O2S. The van der Waals surface area contributed by atoms with Gasteiger partial charge in [0.05, 0.1) is 5.56 Å². The molecule has 0 bridgehead atoms. The number of likely N-dealkylation sites (N-methyl/N-ethyl adjacent to an activating group) is 1.